The molecule has 0 spiro atoms. The molecular formula is C24H32N4O4S2. The second kappa shape index (κ2) is 11.4. The smallest absolute Gasteiger partial charge is 0.251 e. The predicted molar refractivity (Wildman–Crippen MR) is 136 cm³/mol. The van der Waals surface area contributed by atoms with Crippen molar-refractivity contribution in [2.45, 2.75) is 37.9 Å². The van der Waals surface area contributed by atoms with E-state index in [4.69, 9.17) is 4.74 Å². The maximum absolute atomic E-state index is 13.1. The number of hydrogen-bond donors (Lipinski definition) is 2. The number of ether oxygens (including phenoxy) is 1. The molecule has 4 rings (SSSR count). The molecule has 1 aliphatic rings. The molecule has 0 bridgehead atoms. The average Bonchev–Trinajstić information content (AvgIpc) is 3.32. The number of morpholine rings is 1. The lowest BCUT2D eigenvalue weighted by atomic mass is 10.1. The summed E-state index contributed by atoms with van der Waals surface area (Å²) in [6.07, 6.45) is 4.10. The van der Waals surface area contributed by atoms with Crippen molar-refractivity contribution < 1.29 is 13.2 Å². The number of aryl methyl sites for hydroxylation is 2. The van der Waals surface area contributed by atoms with Crippen LogP contribution in [-0.2, 0) is 21.2 Å². The van der Waals surface area contributed by atoms with E-state index in [9.17, 15) is 13.2 Å². The minimum Gasteiger partial charge on any atom is -0.379 e. The van der Waals surface area contributed by atoms with Gasteiger partial charge in [-0.15, -0.1) is 11.3 Å². The molecule has 1 atom stereocenters. The van der Waals surface area contributed by atoms with Crippen LogP contribution in [-0.4, -0.2) is 56.1 Å². The maximum atomic E-state index is 13.1. The Morgan fingerprint density at radius 2 is 2.03 bits per heavy atom. The fourth-order valence-electron chi connectivity index (χ4n) is 3.97. The molecule has 3 aromatic rings. The average molecular weight is 505 g/mol. The molecule has 10 heteroatoms. The summed E-state index contributed by atoms with van der Waals surface area (Å²) in [5.41, 5.74) is 3.11. The van der Waals surface area contributed by atoms with Gasteiger partial charge in [-0.1, -0.05) is 20.4 Å². The maximum Gasteiger partial charge on any atom is 0.251 e. The Bertz CT molecular complexity index is 1250. The van der Waals surface area contributed by atoms with Gasteiger partial charge in [-0.3, -0.25) is 14.7 Å². The zero-order valence-corrected chi connectivity index (χ0v) is 20.3. The number of hydrogen-bond acceptors (Lipinski definition) is 7. The van der Waals surface area contributed by atoms with Crippen molar-refractivity contribution in [1.82, 2.24) is 19.6 Å². The second-order valence-electron chi connectivity index (χ2n) is 7.94. The summed E-state index contributed by atoms with van der Waals surface area (Å²) < 4.78 is 34.8. The molecule has 0 aliphatic carbocycles. The molecular weight excluding hydrogens is 472 g/mol. The SMILES string of the molecule is C.CCc1cc(-c2ccc(S(=O)(=O)NCC(c3cccnc3)N3CCOCC3)s2)c(C)[nH]c1=O. The van der Waals surface area contributed by atoms with Crippen LogP contribution in [0.15, 0.2) is 51.7 Å². The summed E-state index contributed by atoms with van der Waals surface area (Å²) in [5, 5.41) is 0. The van der Waals surface area contributed by atoms with E-state index < -0.39 is 10.0 Å². The van der Waals surface area contributed by atoms with Gasteiger partial charge in [0, 0.05) is 53.7 Å². The monoisotopic (exact) mass is 504 g/mol. The van der Waals surface area contributed by atoms with Gasteiger partial charge in [0.25, 0.3) is 5.56 Å². The Morgan fingerprint density at radius 3 is 2.71 bits per heavy atom. The summed E-state index contributed by atoms with van der Waals surface area (Å²) in [7, 11) is -3.71. The summed E-state index contributed by atoms with van der Waals surface area (Å²) in [5.74, 6) is 0. The third kappa shape index (κ3) is 5.81. The largest absolute Gasteiger partial charge is 0.379 e. The molecule has 1 saturated heterocycles. The van der Waals surface area contributed by atoms with E-state index in [1.165, 1.54) is 11.3 Å². The van der Waals surface area contributed by atoms with Crippen LogP contribution >= 0.6 is 11.3 Å². The van der Waals surface area contributed by atoms with Gasteiger partial charge >= 0.3 is 0 Å². The number of aromatic amines is 1. The molecule has 0 amide bonds. The molecule has 2 N–H and O–H groups in total. The minimum atomic E-state index is -3.71. The van der Waals surface area contributed by atoms with E-state index >= 15 is 0 Å². The first-order chi connectivity index (χ1) is 15.9. The predicted octanol–water partition coefficient (Wildman–Crippen LogP) is 3.36. The zero-order valence-electron chi connectivity index (χ0n) is 18.7. The van der Waals surface area contributed by atoms with E-state index in [1.807, 2.05) is 32.0 Å². The first-order valence-electron chi connectivity index (χ1n) is 10.9. The molecule has 8 nitrogen and oxygen atoms in total. The Kier molecular flexibility index (Phi) is 8.78. The van der Waals surface area contributed by atoms with E-state index in [0.717, 1.165) is 34.8 Å². The van der Waals surface area contributed by atoms with Crippen molar-refractivity contribution in [3.8, 4) is 10.4 Å². The fourth-order valence-corrected chi connectivity index (χ4v) is 6.44. The van der Waals surface area contributed by atoms with E-state index in [0.29, 0.717) is 25.2 Å². The lowest BCUT2D eigenvalue weighted by molar-refractivity contribution is 0.0171. The molecule has 1 fully saturated rings. The molecule has 0 radical (unpaired) electrons. The second-order valence-corrected chi connectivity index (χ2v) is 11.0. The van der Waals surface area contributed by atoms with Crippen molar-refractivity contribution in [2.75, 3.05) is 32.8 Å². The van der Waals surface area contributed by atoms with Gasteiger partial charge in [-0.05, 0) is 43.2 Å². The van der Waals surface area contributed by atoms with Gasteiger partial charge in [0.15, 0.2) is 0 Å². The first-order valence-corrected chi connectivity index (χ1v) is 13.2. The molecule has 0 saturated carbocycles. The van der Waals surface area contributed by atoms with Crippen LogP contribution in [0.3, 0.4) is 0 Å². The standard InChI is InChI=1S/C23H28N4O4S2.CH4/c1-3-17-13-19(16(2)26-23(17)28)21-6-7-22(32-21)33(29,30)25-15-20(18-5-4-8-24-14-18)27-9-11-31-12-10-27;/h4-8,13-14,20,25H,3,9-12,15H2,1-2H3,(H,26,28);1H4. The third-order valence-corrected chi connectivity index (χ3v) is 8.86. The highest BCUT2D eigenvalue weighted by atomic mass is 32.2. The molecule has 4 heterocycles. The fraction of sp³-hybridized carbons (Fsp3) is 0.417. The number of thiophene rings is 1. The molecule has 34 heavy (non-hydrogen) atoms. The van der Waals surface area contributed by atoms with Gasteiger partial charge in [0.05, 0.1) is 19.3 Å². The van der Waals surface area contributed by atoms with Crippen molar-refractivity contribution in [2.24, 2.45) is 0 Å². The van der Waals surface area contributed by atoms with Crippen LogP contribution in [0.1, 0.15) is 37.2 Å². The Balaban J connectivity index is 0.00000324. The number of rotatable bonds is 8. The van der Waals surface area contributed by atoms with Crippen LogP contribution in [0.2, 0.25) is 0 Å². The highest BCUT2D eigenvalue weighted by molar-refractivity contribution is 7.91. The number of aromatic nitrogens is 2. The van der Waals surface area contributed by atoms with Crippen LogP contribution in [0.5, 0.6) is 0 Å². The van der Waals surface area contributed by atoms with Gasteiger partial charge in [-0.2, -0.15) is 0 Å². The van der Waals surface area contributed by atoms with Gasteiger partial charge in [0.2, 0.25) is 10.0 Å². The number of nitrogens with one attached hydrogen (secondary N) is 2. The van der Waals surface area contributed by atoms with E-state index in [2.05, 4.69) is 19.6 Å². The molecule has 3 aromatic heterocycles. The van der Waals surface area contributed by atoms with Crippen LogP contribution < -0.4 is 10.3 Å². The summed E-state index contributed by atoms with van der Waals surface area (Å²) in [6.45, 7) is 6.69. The zero-order chi connectivity index (χ0) is 23.4. The number of nitrogens with zero attached hydrogens (tertiary/aromatic N) is 2. The topological polar surface area (TPSA) is 104 Å². The third-order valence-electron chi connectivity index (χ3n) is 5.83. The summed E-state index contributed by atoms with van der Waals surface area (Å²) >= 11 is 1.20. The lowest BCUT2D eigenvalue weighted by Gasteiger charge is -2.34. The molecule has 184 valence electrons. The van der Waals surface area contributed by atoms with Crippen molar-refractivity contribution in [3.05, 3.63) is 69.9 Å². The quantitative estimate of drug-likeness (QED) is 0.488. The van der Waals surface area contributed by atoms with Crippen LogP contribution in [0, 0.1) is 6.92 Å². The Morgan fingerprint density at radius 1 is 1.26 bits per heavy atom. The highest BCUT2D eigenvalue weighted by Crippen LogP contribution is 2.32. The van der Waals surface area contributed by atoms with E-state index in [1.54, 1.807) is 24.5 Å². The normalized spacial score (nSPS) is 15.6. The molecule has 1 unspecified atom stereocenters. The first kappa shape index (κ1) is 26.2. The lowest BCUT2D eigenvalue weighted by Crippen LogP contribution is -2.43. The minimum absolute atomic E-state index is 0. The van der Waals surface area contributed by atoms with Crippen LogP contribution in [0.4, 0.5) is 0 Å². The number of pyridine rings is 2. The van der Waals surface area contributed by atoms with Crippen molar-refractivity contribution in [3.63, 3.8) is 0 Å². The Labute approximate surface area is 205 Å². The van der Waals surface area contributed by atoms with Crippen molar-refractivity contribution >= 4 is 21.4 Å². The van der Waals surface area contributed by atoms with Gasteiger partial charge in [-0.25, -0.2) is 13.1 Å². The van der Waals surface area contributed by atoms with Crippen LogP contribution in [0.25, 0.3) is 10.4 Å². The Hall–Kier alpha value is -2.37. The van der Waals surface area contributed by atoms with Crippen molar-refractivity contribution in [1.29, 1.82) is 0 Å². The van der Waals surface area contributed by atoms with Gasteiger partial charge in [0.1, 0.15) is 4.21 Å². The van der Waals surface area contributed by atoms with Gasteiger partial charge < -0.3 is 9.72 Å². The van der Waals surface area contributed by atoms with E-state index in [-0.39, 0.29) is 29.8 Å². The highest BCUT2D eigenvalue weighted by Gasteiger charge is 2.26. The molecule has 1 aliphatic heterocycles. The number of H-pyrrole nitrogens is 1. The molecule has 0 aromatic carbocycles. The number of sulfonamides is 1. The summed E-state index contributed by atoms with van der Waals surface area (Å²) in [4.78, 5) is 22.1. The summed E-state index contributed by atoms with van der Waals surface area (Å²) in [6, 6.07) is 8.95.